The fourth-order valence-corrected chi connectivity index (χ4v) is 3.95. The molecule has 2 aromatic rings. The fraction of sp³-hybridized carbons (Fsp3) is 0.294. The van der Waals surface area contributed by atoms with Crippen molar-refractivity contribution in [1.82, 2.24) is 4.98 Å². The molecule has 0 bridgehead atoms. The number of hydrogen-bond donors (Lipinski definition) is 0. The molecule has 0 radical (unpaired) electrons. The molecule has 1 fully saturated rings. The molecule has 0 saturated heterocycles. The van der Waals surface area contributed by atoms with Gasteiger partial charge < -0.3 is 0 Å². The van der Waals surface area contributed by atoms with Gasteiger partial charge in [-0.25, -0.2) is 4.98 Å². The van der Waals surface area contributed by atoms with Gasteiger partial charge in [-0.3, -0.25) is 0 Å². The number of nitrogens with zero attached hydrogens (tertiary/aromatic N) is 2. The van der Waals surface area contributed by atoms with Gasteiger partial charge in [-0.15, -0.1) is 11.3 Å². The van der Waals surface area contributed by atoms with Crippen molar-refractivity contribution in [3.8, 4) is 17.3 Å². The van der Waals surface area contributed by atoms with Crippen molar-refractivity contribution >= 4 is 32.8 Å². The van der Waals surface area contributed by atoms with Crippen molar-refractivity contribution < 1.29 is 0 Å². The van der Waals surface area contributed by atoms with Gasteiger partial charge in [0.25, 0.3) is 0 Å². The van der Waals surface area contributed by atoms with E-state index in [9.17, 15) is 5.26 Å². The minimum Gasteiger partial charge on any atom is -0.235 e. The molecule has 3 rings (SSSR count). The predicted octanol–water partition coefficient (Wildman–Crippen LogP) is 5.73. The maximum Gasteiger partial charge on any atom is 0.134 e. The van der Waals surface area contributed by atoms with Crippen LogP contribution in [-0.4, -0.2) is 4.98 Å². The van der Waals surface area contributed by atoms with E-state index in [4.69, 9.17) is 4.98 Å². The number of aromatic nitrogens is 1. The SMILES string of the molecule is Cc1sc(C(C#N)=C2CCCC2)nc1-c1ccc(Br)cc1. The van der Waals surface area contributed by atoms with Gasteiger partial charge in [-0.1, -0.05) is 28.1 Å². The van der Waals surface area contributed by atoms with E-state index in [1.807, 2.05) is 12.1 Å². The first kappa shape index (κ1) is 14.5. The molecular weight excluding hydrogens is 344 g/mol. The van der Waals surface area contributed by atoms with Crippen LogP contribution in [-0.2, 0) is 0 Å². The lowest BCUT2D eigenvalue weighted by Crippen LogP contribution is -1.87. The number of halogens is 1. The average molecular weight is 359 g/mol. The molecule has 1 saturated carbocycles. The van der Waals surface area contributed by atoms with Crippen molar-refractivity contribution in [2.24, 2.45) is 0 Å². The highest BCUT2D eigenvalue weighted by atomic mass is 79.9. The zero-order valence-corrected chi connectivity index (χ0v) is 14.2. The highest BCUT2D eigenvalue weighted by molar-refractivity contribution is 9.10. The third kappa shape index (κ3) is 2.95. The van der Waals surface area contributed by atoms with Crippen LogP contribution in [0.4, 0.5) is 0 Å². The highest BCUT2D eigenvalue weighted by Crippen LogP contribution is 2.36. The van der Waals surface area contributed by atoms with E-state index < -0.39 is 0 Å². The predicted molar refractivity (Wildman–Crippen MR) is 91.0 cm³/mol. The maximum atomic E-state index is 9.50. The molecule has 4 heteroatoms. The number of aryl methyl sites for hydroxylation is 1. The van der Waals surface area contributed by atoms with Gasteiger partial charge in [0.1, 0.15) is 11.1 Å². The van der Waals surface area contributed by atoms with Gasteiger partial charge >= 0.3 is 0 Å². The Kier molecular flexibility index (Phi) is 4.23. The van der Waals surface area contributed by atoms with E-state index in [1.165, 1.54) is 23.3 Å². The summed E-state index contributed by atoms with van der Waals surface area (Å²) in [5.41, 5.74) is 4.19. The molecule has 21 heavy (non-hydrogen) atoms. The fourth-order valence-electron chi connectivity index (χ4n) is 2.71. The Labute approximate surface area is 137 Å². The summed E-state index contributed by atoms with van der Waals surface area (Å²) in [6, 6.07) is 10.5. The summed E-state index contributed by atoms with van der Waals surface area (Å²) in [5.74, 6) is 0. The summed E-state index contributed by atoms with van der Waals surface area (Å²) in [5, 5.41) is 10.4. The second kappa shape index (κ2) is 6.13. The van der Waals surface area contributed by atoms with Gasteiger partial charge in [0.15, 0.2) is 0 Å². The summed E-state index contributed by atoms with van der Waals surface area (Å²) in [4.78, 5) is 5.91. The molecule has 0 spiro atoms. The largest absolute Gasteiger partial charge is 0.235 e. The van der Waals surface area contributed by atoms with Gasteiger partial charge in [0, 0.05) is 14.9 Å². The van der Waals surface area contributed by atoms with Crippen molar-refractivity contribution in [2.45, 2.75) is 32.6 Å². The Hall–Kier alpha value is -1.44. The number of rotatable bonds is 2. The first-order valence-corrected chi connectivity index (χ1v) is 8.66. The standard InChI is InChI=1S/C17H15BrN2S/c1-11-16(13-6-8-14(18)9-7-13)20-17(21-11)15(10-19)12-4-2-3-5-12/h6-9H,2-5H2,1H3. The van der Waals surface area contributed by atoms with Gasteiger partial charge in [0.2, 0.25) is 0 Å². The minimum absolute atomic E-state index is 0.809. The van der Waals surface area contributed by atoms with E-state index >= 15 is 0 Å². The van der Waals surface area contributed by atoms with Crippen LogP contribution >= 0.6 is 27.3 Å². The smallest absolute Gasteiger partial charge is 0.134 e. The lowest BCUT2D eigenvalue weighted by molar-refractivity contribution is 0.886. The zero-order chi connectivity index (χ0) is 14.8. The maximum absolute atomic E-state index is 9.50. The van der Waals surface area contributed by atoms with E-state index in [2.05, 4.69) is 41.1 Å². The molecule has 0 amide bonds. The number of hydrogen-bond acceptors (Lipinski definition) is 3. The van der Waals surface area contributed by atoms with Crippen LogP contribution in [0.5, 0.6) is 0 Å². The lowest BCUT2D eigenvalue weighted by Gasteiger charge is -2.00. The summed E-state index contributed by atoms with van der Waals surface area (Å²) >= 11 is 5.08. The first-order valence-electron chi connectivity index (χ1n) is 7.05. The Morgan fingerprint density at radius 1 is 1.24 bits per heavy atom. The summed E-state index contributed by atoms with van der Waals surface area (Å²) in [6.45, 7) is 2.08. The molecular formula is C17H15BrN2S. The molecule has 0 aliphatic heterocycles. The van der Waals surface area contributed by atoms with Crippen LogP contribution in [0.3, 0.4) is 0 Å². The lowest BCUT2D eigenvalue weighted by atomic mass is 10.1. The molecule has 1 heterocycles. The molecule has 0 N–H and O–H groups in total. The van der Waals surface area contributed by atoms with Gasteiger partial charge in [0.05, 0.1) is 11.3 Å². The minimum atomic E-state index is 0.809. The third-order valence-electron chi connectivity index (χ3n) is 3.80. The van der Waals surface area contributed by atoms with Crippen LogP contribution in [0.1, 0.15) is 35.6 Å². The number of benzene rings is 1. The normalized spacial score (nSPS) is 14.2. The monoisotopic (exact) mass is 358 g/mol. The van der Waals surface area contributed by atoms with E-state index in [0.29, 0.717) is 0 Å². The Morgan fingerprint density at radius 3 is 2.52 bits per heavy atom. The van der Waals surface area contributed by atoms with Crippen LogP contribution in [0, 0.1) is 18.3 Å². The molecule has 1 aromatic carbocycles. The van der Waals surface area contributed by atoms with Crippen molar-refractivity contribution in [3.63, 3.8) is 0 Å². The molecule has 106 valence electrons. The molecule has 1 aliphatic carbocycles. The second-order valence-electron chi connectivity index (χ2n) is 5.23. The summed E-state index contributed by atoms with van der Waals surface area (Å²) in [7, 11) is 0. The van der Waals surface area contributed by atoms with Crippen molar-refractivity contribution in [2.75, 3.05) is 0 Å². The number of allylic oxidation sites excluding steroid dienone is 2. The Bertz CT molecular complexity index is 727. The van der Waals surface area contributed by atoms with Crippen LogP contribution < -0.4 is 0 Å². The molecule has 1 aliphatic rings. The first-order chi connectivity index (χ1) is 10.2. The number of nitriles is 1. The van der Waals surface area contributed by atoms with Gasteiger partial charge in [-0.05, 0) is 50.3 Å². The second-order valence-corrected chi connectivity index (χ2v) is 7.35. The highest BCUT2D eigenvalue weighted by Gasteiger charge is 2.18. The van der Waals surface area contributed by atoms with Crippen LogP contribution in [0.15, 0.2) is 34.3 Å². The summed E-state index contributed by atoms with van der Waals surface area (Å²) in [6.07, 6.45) is 4.50. The Balaban J connectivity index is 2.03. The van der Waals surface area contributed by atoms with E-state index in [1.54, 1.807) is 11.3 Å². The van der Waals surface area contributed by atoms with Crippen molar-refractivity contribution in [1.29, 1.82) is 5.26 Å². The summed E-state index contributed by atoms with van der Waals surface area (Å²) < 4.78 is 1.06. The van der Waals surface area contributed by atoms with Gasteiger partial charge in [-0.2, -0.15) is 5.26 Å². The molecule has 2 nitrogen and oxygen atoms in total. The Morgan fingerprint density at radius 2 is 1.90 bits per heavy atom. The molecule has 1 aromatic heterocycles. The quantitative estimate of drug-likeness (QED) is 0.642. The zero-order valence-electron chi connectivity index (χ0n) is 11.8. The van der Waals surface area contributed by atoms with Crippen molar-refractivity contribution in [3.05, 3.63) is 44.2 Å². The van der Waals surface area contributed by atoms with Crippen LogP contribution in [0.2, 0.25) is 0 Å². The average Bonchev–Trinajstić information content (AvgIpc) is 3.11. The van der Waals surface area contributed by atoms with E-state index in [0.717, 1.165) is 39.2 Å². The topological polar surface area (TPSA) is 36.7 Å². The van der Waals surface area contributed by atoms with E-state index in [-0.39, 0.29) is 0 Å². The molecule has 0 unspecified atom stereocenters. The third-order valence-corrected chi connectivity index (χ3v) is 5.32. The number of thiazole rings is 1. The van der Waals surface area contributed by atoms with Crippen LogP contribution in [0.25, 0.3) is 16.8 Å². The molecule has 0 atom stereocenters.